The molecule has 2 rings (SSSR count). The normalized spacial score (nSPS) is 17.8. The number of aryl methyl sites for hydroxylation is 1. The third-order valence-electron chi connectivity index (χ3n) is 4.23. The van der Waals surface area contributed by atoms with Gasteiger partial charge >= 0.3 is 0 Å². The van der Waals surface area contributed by atoms with Crippen LogP contribution in [0.1, 0.15) is 63.9 Å². The zero-order valence-corrected chi connectivity index (χ0v) is 15.7. The molecule has 0 N–H and O–H groups in total. The molecule has 4 heteroatoms. The average Bonchev–Trinajstić information content (AvgIpc) is 3.11. The highest BCUT2D eigenvalue weighted by atomic mass is 32.1. The van der Waals surface area contributed by atoms with Gasteiger partial charge in [-0.2, -0.15) is 4.99 Å². The summed E-state index contributed by atoms with van der Waals surface area (Å²) in [5.41, 5.74) is 1.54. The largest absolute Gasteiger partial charge is 0.320 e. The zero-order valence-electron chi connectivity index (χ0n) is 14.9. The number of thiazole rings is 1. The molecule has 1 aromatic heterocycles. The Kier molecular flexibility index (Phi) is 5.31. The maximum absolute atomic E-state index is 12.3. The molecular weight excluding hydrogens is 292 g/mol. The summed E-state index contributed by atoms with van der Waals surface area (Å²) in [5.74, 6) is 1.21. The number of nitrogens with zero attached hydrogens (tertiary/aromatic N) is 2. The maximum Gasteiger partial charge on any atom is 0.248 e. The summed E-state index contributed by atoms with van der Waals surface area (Å²) in [5, 5.41) is 0. The molecule has 3 nitrogen and oxygen atoms in total. The van der Waals surface area contributed by atoms with Crippen molar-refractivity contribution in [2.75, 3.05) is 0 Å². The molecule has 0 aromatic carbocycles. The van der Waals surface area contributed by atoms with Gasteiger partial charge in [0, 0.05) is 23.5 Å². The lowest BCUT2D eigenvalue weighted by molar-refractivity contribution is -0.119. The van der Waals surface area contributed by atoms with Crippen LogP contribution < -0.4 is 4.80 Å². The van der Waals surface area contributed by atoms with Gasteiger partial charge in [-0.1, -0.05) is 27.7 Å². The molecule has 22 heavy (non-hydrogen) atoms. The quantitative estimate of drug-likeness (QED) is 0.787. The number of aromatic nitrogens is 1. The molecule has 1 aliphatic rings. The molecule has 0 aliphatic heterocycles. The summed E-state index contributed by atoms with van der Waals surface area (Å²) in [4.78, 5) is 18.9. The number of carbonyl (C=O) groups is 1. The second kappa shape index (κ2) is 6.69. The van der Waals surface area contributed by atoms with Gasteiger partial charge < -0.3 is 4.57 Å². The van der Waals surface area contributed by atoms with Crippen LogP contribution in [0.15, 0.2) is 4.99 Å². The number of amides is 1. The Morgan fingerprint density at radius 2 is 2.00 bits per heavy atom. The molecule has 0 saturated heterocycles. The maximum atomic E-state index is 12.3. The molecule has 1 aromatic rings. The van der Waals surface area contributed by atoms with Crippen LogP contribution in [0.4, 0.5) is 0 Å². The SMILES string of the molecule is Cc1sc(=NC(=O)CC(C)CC(C)(C)C)n(CC2CC2)c1C. The van der Waals surface area contributed by atoms with Gasteiger partial charge in [0.15, 0.2) is 4.80 Å². The van der Waals surface area contributed by atoms with Crippen molar-refractivity contribution in [1.82, 2.24) is 4.57 Å². The van der Waals surface area contributed by atoms with Crippen LogP contribution in [0.5, 0.6) is 0 Å². The summed E-state index contributed by atoms with van der Waals surface area (Å²) >= 11 is 1.65. The van der Waals surface area contributed by atoms with E-state index in [4.69, 9.17) is 0 Å². The monoisotopic (exact) mass is 322 g/mol. The fourth-order valence-electron chi connectivity index (χ4n) is 3.02. The van der Waals surface area contributed by atoms with Crippen molar-refractivity contribution in [3.05, 3.63) is 15.4 Å². The van der Waals surface area contributed by atoms with Crippen molar-refractivity contribution in [3.8, 4) is 0 Å². The van der Waals surface area contributed by atoms with Crippen LogP contribution in [0.3, 0.4) is 0 Å². The van der Waals surface area contributed by atoms with E-state index >= 15 is 0 Å². The standard InChI is InChI=1S/C18H30N2OS/c1-12(10-18(4,5)6)9-16(21)19-17-20(11-15-7-8-15)13(2)14(3)22-17/h12,15H,7-11H2,1-6H3. The van der Waals surface area contributed by atoms with Gasteiger partial charge in [-0.25, -0.2) is 0 Å². The van der Waals surface area contributed by atoms with Gasteiger partial charge in [0.05, 0.1) is 0 Å². The highest BCUT2D eigenvalue weighted by Gasteiger charge is 2.23. The van der Waals surface area contributed by atoms with Gasteiger partial charge in [0.1, 0.15) is 0 Å². The lowest BCUT2D eigenvalue weighted by Crippen LogP contribution is -2.20. The van der Waals surface area contributed by atoms with Gasteiger partial charge in [-0.15, -0.1) is 11.3 Å². The van der Waals surface area contributed by atoms with Crippen molar-refractivity contribution in [1.29, 1.82) is 0 Å². The van der Waals surface area contributed by atoms with E-state index in [1.54, 1.807) is 11.3 Å². The minimum absolute atomic E-state index is 0.0301. The molecule has 1 unspecified atom stereocenters. The predicted octanol–water partition coefficient (Wildman–Crippen LogP) is 4.47. The van der Waals surface area contributed by atoms with Crippen LogP contribution in [-0.4, -0.2) is 10.5 Å². The average molecular weight is 323 g/mol. The molecule has 0 radical (unpaired) electrons. The van der Waals surface area contributed by atoms with Gasteiger partial charge in [0.2, 0.25) is 5.91 Å². The van der Waals surface area contributed by atoms with E-state index in [0.717, 1.165) is 23.7 Å². The van der Waals surface area contributed by atoms with E-state index < -0.39 is 0 Å². The van der Waals surface area contributed by atoms with Crippen molar-refractivity contribution in [3.63, 3.8) is 0 Å². The Balaban J connectivity index is 2.11. The van der Waals surface area contributed by atoms with Crippen molar-refractivity contribution < 1.29 is 4.79 Å². The summed E-state index contributed by atoms with van der Waals surface area (Å²) < 4.78 is 2.25. The van der Waals surface area contributed by atoms with E-state index in [2.05, 4.69) is 51.1 Å². The van der Waals surface area contributed by atoms with Gasteiger partial charge in [-0.3, -0.25) is 4.79 Å². The first kappa shape index (κ1) is 17.5. The first-order valence-electron chi connectivity index (χ1n) is 8.40. The van der Waals surface area contributed by atoms with E-state index in [9.17, 15) is 4.79 Å². The van der Waals surface area contributed by atoms with E-state index in [0.29, 0.717) is 12.3 Å². The Morgan fingerprint density at radius 1 is 1.36 bits per heavy atom. The minimum Gasteiger partial charge on any atom is -0.320 e. The third-order valence-corrected chi connectivity index (χ3v) is 5.33. The van der Waals surface area contributed by atoms with Crippen LogP contribution in [0, 0.1) is 31.1 Å². The van der Waals surface area contributed by atoms with Crippen molar-refractivity contribution >= 4 is 17.2 Å². The lowest BCUT2D eigenvalue weighted by Gasteiger charge is -2.22. The van der Waals surface area contributed by atoms with Crippen molar-refractivity contribution in [2.24, 2.45) is 22.2 Å². The molecule has 0 bridgehead atoms. The highest BCUT2D eigenvalue weighted by Crippen LogP contribution is 2.31. The number of hydrogen-bond acceptors (Lipinski definition) is 2. The molecular formula is C18H30N2OS. The van der Waals surface area contributed by atoms with E-state index in [1.807, 2.05) is 0 Å². The van der Waals surface area contributed by atoms with Gasteiger partial charge in [0.25, 0.3) is 0 Å². The summed E-state index contributed by atoms with van der Waals surface area (Å²) in [7, 11) is 0. The molecule has 1 amide bonds. The summed E-state index contributed by atoms with van der Waals surface area (Å²) in [6.07, 6.45) is 4.24. The highest BCUT2D eigenvalue weighted by molar-refractivity contribution is 7.09. The van der Waals surface area contributed by atoms with E-state index in [1.165, 1.54) is 23.4 Å². The van der Waals surface area contributed by atoms with Crippen LogP contribution >= 0.6 is 11.3 Å². The van der Waals surface area contributed by atoms with Gasteiger partial charge in [-0.05, 0) is 50.4 Å². The second-order valence-corrected chi connectivity index (χ2v) is 9.34. The third kappa shape index (κ3) is 5.08. The molecule has 1 atom stereocenters. The number of rotatable bonds is 5. The molecule has 1 saturated carbocycles. The Morgan fingerprint density at radius 3 is 2.55 bits per heavy atom. The zero-order chi connectivity index (χ0) is 16.5. The molecule has 1 fully saturated rings. The lowest BCUT2D eigenvalue weighted by atomic mass is 9.84. The smallest absolute Gasteiger partial charge is 0.248 e. The molecule has 0 spiro atoms. The van der Waals surface area contributed by atoms with Crippen LogP contribution in [0.2, 0.25) is 0 Å². The number of carbonyl (C=O) groups excluding carboxylic acids is 1. The summed E-state index contributed by atoms with van der Waals surface area (Å²) in [6.45, 7) is 14.1. The Labute approximate surface area is 138 Å². The fraction of sp³-hybridized carbons (Fsp3) is 0.778. The first-order valence-corrected chi connectivity index (χ1v) is 9.22. The predicted molar refractivity (Wildman–Crippen MR) is 92.9 cm³/mol. The van der Waals surface area contributed by atoms with Crippen LogP contribution in [-0.2, 0) is 11.3 Å². The Hall–Kier alpha value is -0.900. The minimum atomic E-state index is 0.0301. The van der Waals surface area contributed by atoms with E-state index in [-0.39, 0.29) is 11.3 Å². The number of hydrogen-bond donors (Lipinski definition) is 0. The molecule has 1 heterocycles. The van der Waals surface area contributed by atoms with Crippen molar-refractivity contribution in [2.45, 2.75) is 73.8 Å². The first-order chi connectivity index (χ1) is 10.2. The summed E-state index contributed by atoms with van der Waals surface area (Å²) in [6, 6.07) is 0. The van der Waals surface area contributed by atoms with Crippen LogP contribution in [0.25, 0.3) is 0 Å². The second-order valence-electron chi connectivity index (χ2n) is 8.16. The topological polar surface area (TPSA) is 34.4 Å². The Bertz CT molecular complexity index is 600. The molecule has 1 aliphatic carbocycles. The fourth-order valence-corrected chi connectivity index (χ4v) is 4.03. The molecule has 124 valence electrons.